The number of nitrogens with two attached hydrogens (primary N) is 4. The van der Waals surface area contributed by atoms with Gasteiger partial charge in [0.2, 0.25) is 41.4 Å². The van der Waals surface area contributed by atoms with Gasteiger partial charge in [0.25, 0.3) is 11.2 Å². The van der Waals surface area contributed by atoms with Crippen LogP contribution < -0.4 is 56.3 Å². The molecule has 0 aliphatic carbocycles. The number of nitro benzene ring substituents is 1. The Morgan fingerprint density at radius 1 is 0.481 bits per heavy atom. The topological polar surface area (TPSA) is 671 Å². The van der Waals surface area contributed by atoms with Crippen molar-refractivity contribution >= 4 is 123 Å². The number of anilines is 4. The van der Waals surface area contributed by atoms with E-state index in [1.165, 1.54) is 75.5 Å². The molecule has 12 heterocycles. The third-order valence-corrected chi connectivity index (χ3v) is 25.0. The van der Waals surface area contributed by atoms with Crippen LogP contribution in [-0.2, 0) is 51.7 Å². The average Bonchev–Trinajstić information content (AvgIpc) is 1.68. The molecule has 16 atom stereocenters. The Kier molecular flexibility index (Phi) is 31.3. The zero-order chi connectivity index (χ0) is 95.4. The molecule has 17 rings (SSSR count). The second-order valence-corrected chi connectivity index (χ2v) is 35.4. The van der Waals surface area contributed by atoms with Crippen molar-refractivity contribution in [3.8, 4) is 34.9 Å². The number of esters is 2. The molecule has 0 amide bonds. The van der Waals surface area contributed by atoms with E-state index in [2.05, 4.69) is 59.8 Å². The first-order valence-corrected chi connectivity index (χ1v) is 45.1. The lowest BCUT2D eigenvalue weighted by Crippen LogP contribution is -2.28. The second kappa shape index (κ2) is 42.7. The smallest absolute Gasteiger partial charge is 0.431 e. The number of fused-ring (bicyclic) bond motifs is 6. The number of nitro groups is 1. The maximum atomic E-state index is 14.2. The van der Waals surface area contributed by atoms with Crippen molar-refractivity contribution in [3.63, 3.8) is 0 Å². The first-order valence-electron chi connectivity index (χ1n) is 41.6. The Bertz CT molecular complexity index is 6310. The maximum absolute atomic E-state index is 14.2. The number of methoxy groups -OCH3 is 3. The molecule has 2 unspecified atom stereocenters. The number of carbonyl (C=O) groups excluding carboxylic acids is 2. The number of ether oxygens (including phenoxy) is 9. The van der Waals surface area contributed by atoms with E-state index >= 15 is 0 Å². The molecule has 0 saturated carbocycles. The molecule has 5 aromatic carbocycles. The summed E-state index contributed by atoms with van der Waals surface area (Å²) in [6.07, 6.45) is -2.13. The zero-order valence-corrected chi connectivity index (χ0v) is 75.0. The monoisotopic (exact) mass is 1890 g/mol. The van der Waals surface area contributed by atoms with Gasteiger partial charge in [-0.3, -0.25) is 52.3 Å². The van der Waals surface area contributed by atoms with Crippen molar-refractivity contribution in [1.82, 2.24) is 78.1 Å². The minimum absolute atomic E-state index is 0.00355. The highest BCUT2D eigenvalue weighted by atomic mass is 31.2. The number of aromatic nitrogens is 16. The lowest BCUT2D eigenvalue weighted by Gasteiger charge is -2.25. The number of aromatic amines is 1. The number of H-pyrrole nitrogens is 1. The van der Waals surface area contributed by atoms with E-state index in [1.807, 2.05) is 60.7 Å². The highest BCUT2D eigenvalue weighted by molar-refractivity contribution is 7.55. The van der Waals surface area contributed by atoms with Gasteiger partial charge < -0.3 is 115 Å². The Morgan fingerprint density at radius 2 is 0.827 bits per heavy atom. The van der Waals surface area contributed by atoms with Gasteiger partial charge in [0.1, 0.15) is 66.6 Å². The van der Waals surface area contributed by atoms with E-state index in [0.29, 0.717) is 57.8 Å². The number of nitrogens with zero attached hydrogens (tertiary/aromatic N) is 16. The summed E-state index contributed by atoms with van der Waals surface area (Å²) in [5.74, 6) is -0.883. The molecule has 50 heteroatoms. The highest BCUT2D eigenvalue weighted by Gasteiger charge is 2.43. The highest BCUT2D eigenvalue weighted by Crippen LogP contribution is 2.54. The van der Waals surface area contributed by atoms with Gasteiger partial charge in [-0.1, -0.05) is 86.6 Å². The first-order chi connectivity index (χ1) is 63.6. The molecular formula is C83H101N21O27P2. The van der Waals surface area contributed by atoms with E-state index in [9.17, 15) is 54.1 Å². The summed E-state index contributed by atoms with van der Waals surface area (Å²) in [5, 5.41) is 81.6. The number of rotatable bonds is 28. The van der Waals surface area contributed by atoms with Crippen molar-refractivity contribution in [3.05, 3.63) is 155 Å². The minimum atomic E-state index is -3.98. The van der Waals surface area contributed by atoms with E-state index in [-0.39, 0.29) is 128 Å². The van der Waals surface area contributed by atoms with Gasteiger partial charge in [-0.15, -0.1) is 0 Å². The Balaban J connectivity index is 0.000000147. The summed E-state index contributed by atoms with van der Waals surface area (Å²) in [6.45, 7) is 9.09. The Hall–Kier alpha value is -13.1. The van der Waals surface area contributed by atoms with E-state index in [4.69, 9.17) is 99.0 Å². The molecule has 4 saturated heterocycles. The number of nitrogen functional groups attached to an aromatic ring is 4. The Morgan fingerprint density at radius 3 is 1.20 bits per heavy atom. The molecular weight excluding hydrogens is 1780 g/mol. The number of aliphatic hydroxyl groups is 7. The van der Waals surface area contributed by atoms with Gasteiger partial charge in [0, 0.05) is 48.6 Å². The number of benzene rings is 5. The SMILES string of the molecule is CC(C)OC(=O)[C@H](C)CP(=O)(Oc1ccc([N+](=O)[O-])cc1)Oc1cccc2ccccc12.COc1nc(N)nc2c1ncn2[C@H]1C[C@@H](O)[C@@H](CO)O1.COc1nc(N)nc2c1ncn2[C@H]1C[C@@H](O)[C@@H](CO)O1.COc1nc(N)nc2c1ncn2[C@H]1C[C@@H](O)[C@@H](COP(=O)(C[C@@H](C)C(=O)OC(C)C)Oc2cccc3ccccc23)O1.Nc1nc2c(ncn2[C@H]2C[C@@H](O)[C@@H](CO)O2)c(=O)[nH]1. The van der Waals surface area contributed by atoms with Crippen LogP contribution in [0.2, 0.25) is 0 Å². The van der Waals surface area contributed by atoms with Gasteiger partial charge in [0.15, 0.2) is 44.7 Å². The molecule has 4 fully saturated rings. The lowest BCUT2D eigenvalue weighted by atomic mass is 10.1. The van der Waals surface area contributed by atoms with Crippen LogP contribution in [-0.4, -0.2) is 252 Å². The molecule has 48 nitrogen and oxygen atoms in total. The van der Waals surface area contributed by atoms with E-state index in [1.54, 1.807) is 79.5 Å². The first kappa shape index (κ1) is 97.5. The molecule has 4 aliphatic heterocycles. The summed E-state index contributed by atoms with van der Waals surface area (Å²) in [6, 6.07) is 30.8. The van der Waals surface area contributed by atoms with Gasteiger partial charge >= 0.3 is 27.1 Å². The largest absolute Gasteiger partial charge is 0.479 e. The summed E-state index contributed by atoms with van der Waals surface area (Å²) >= 11 is 0. The molecule has 16 N–H and O–H groups in total. The molecule has 0 bridgehead atoms. The van der Waals surface area contributed by atoms with Crippen LogP contribution >= 0.6 is 15.2 Å². The van der Waals surface area contributed by atoms with Gasteiger partial charge in [-0.05, 0) is 62.7 Å². The predicted molar refractivity (Wildman–Crippen MR) is 475 cm³/mol. The minimum Gasteiger partial charge on any atom is -0.479 e. The number of nitrogens with one attached hydrogen (secondary N) is 1. The van der Waals surface area contributed by atoms with Gasteiger partial charge in [0.05, 0.1) is 139 Å². The number of carbonyl (C=O) groups is 2. The Labute approximate surface area is 755 Å². The van der Waals surface area contributed by atoms with Crippen molar-refractivity contribution in [2.24, 2.45) is 11.8 Å². The number of imidazole rings is 4. The van der Waals surface area contributed by atoms with Crippen molar-refractivity contribution in [2.75, 3.05) is 83.0 Å². The third-order valence-electron chi connectivity index (χ3n) is 21.1. The van der Waals surface area contributed by atoms with Crippen molar-refractivity contribution in [2.45, 2.75) is 153 Å². The van der Waals surface area contributed by atoms with Crippen LogP contribution in [0.4, 0.5) is 29.5 Å². The standard InChI is InChI=1S/C28H34N5O8P.C23H24NO7P.2C11H15N5O4.C10H13N5O4/c1-16(2)39-27(35)17(3)14-42(36,41-21-11-7-9-18-8-5-6-10-19(18)21)38-13-22-20(34)12-23(40-22)33-15-30-24-25(33)31-28(29)32-26(24)37-4;1-16(2)29-23(25)17(3)15-32(28,30-20-13-11-19(12-14-20)24(26)27)31-22-10-6-8-18-7-4-5-9-21(18)22;2*1-19-10-8-9(14-11(12)15-10)16(4-13-8)7-2-5(18)6(3-17)20-7;11-10-13-8-7(9(18)14-10)12-3-15(8)6-1-4(17)5(2-16)19-6/h5-11,15-17,20,22-23,34H,12-14H2,1-4H3,(H2,29,31,32);4-14,16-17H,15H2,1-3H3;2*4-7,17-18H,2-3H2,1H3,(H2,12,14,15);3-6,16-17H,1-2H2,(H3,11,13,14,18)/t17-,20-,22-,23-,42?;17-,32?;2*5-,6-,7-;4-,5-,6-/m11111/s1. The normalized spacial score (nSPS) is 21.7. The molecule has 133 heavy (non-hydrogen) atoms. The molecule has 0 radical (unpaired) electrons. The second-order valence-electron chi connectivity index (χ2n) is 31.4. The van der Waals surface area contributed by atoms with Crippen LogP contribution in [0.5, 0.6) is 34.9 Å². The molecule has 13 aromatic rings. The van der Waals surface area contributed by atoms with Crippen molar-refractivity contribution < 1.29 is 120 Å². The zero-order valence-electron chi connectivity index (χ0n) is 73.2. The molecule has 0 spiro atoms. The predicted octanol–water partition coefficient (Wildman–Crippen LogP) is 6.54. The average molecular weight is 1890 g/mol. The molecule has 710 valence electrons. The van der Waals surface area contributed by atoms with E-state index < -0.39 is 123 Å². The van der Waals surface area contributed by atoms with Crippen LogP contribution in [0.3, 0.4) is 0 Å². The van der Waals surface area contributed by atoms with Crippen LogP contribution in [0.15, 0.2) is 139 Å². The van der Waals surface area contributed by atoms with Crippen LogP contribution in [0, 0.1) is 22.0 Å². The fourth-order valence-corrected chi connectivity index (χ4v) is 18.5. The fraction of sp³-hybridized carbons (Fsp3) is 0.422. The third kappa shape index (κ3) is 23.0. The summed E-state index contributed by atoms with van der Waals surface area (Å²) in [7, 11) is -3.52. The van der Waals surface area contributed by atoms with Gasteiger partial charge in [-0.2, -0.15) is 34.9 Å². The maximum Gasteiger partial charge on any atom is 0.431 e. The number of hydrogen-bond acceptors (Lipinski definition) is 42. The number of aliphatic hydroxyl groups excluding tert-OH is 7. The summed E-state index contributed by atoms with van der Waals surface area (Å²) in [4.78, 5) is 94.4. The number of non-ortho nitro benzene ring substituents is 1. The van der Waals surface area contributed by atoms with Gasteiger partial charge in [-0.25, -0.2) is 29.1 Å². The van der Waals surface area contributed by atoms with Crippen LogP contribution in [0.25, 0.3) is 66.2 Å². The van der Waals surface area contributed by atoms with Crippen LogP contribution in [0.1, 0.15) is 92.1 Å². The lowest BCUT2D eigenvalue weighted by molar-refractivity contribution is -0.384. The van der Waals surface area contributed by atoms with E-state index in [0.717, 1.165) is 21.5 Å². The molecule has 4 aliphatic rings. The fourth-order valence-electron chi connectivity index (χ4n) is 14.7. The number of hydrogen-bond donors (Lipinski definition) is 12. The molecule has 8 aromatic heterocycles. The summed E-state index contributed by atoms with van der Waals surface area (Å²) in [5.41, 5.74) is 25.1. The quantitative estimate of drug-likeness (QED) is 0.0107. The summed E-state index contributed by atoms with van der Waals surface area (Å²) < 4.78 is 107. The van der Waals surface area contributed by atoms with Crippen molar-refractivity contribution in [1.29, 1.82) is 0 Å².